The first-order chi connectivity index (χ1) is 14.5. The van der Waals surface area contributed by atoms with E-state index in [0.717, 1.165) is 17.3 Å². The lowest BCUT2D eigenvalue weighted by molar-refractivity contribution is -0.117. The number of thioether (sulfide) groups is 1. The van der Waals surface area contributed by atoms with Crippen LogP contribution in [0.3, 0.4) is 0 Å². The normalized spacial score (nSPS) is 15.3. The third kappa shape index (κ3) is 4.40. The van der Waals surface area contributed by atoms with E-state index in [9.17, 15) is 20.4 Å². The number of nitrogens with zero attached hydrogens (tertiary/aromatic N) is 4. The van der Waals surface area contributed by atoms with Gasteiger partial charge < -0.3 is 15.7 Å². The van der Waals surface area contributed by atoms with E-state index in [2.05, 4.69) is 17.1 Å². The SMILES string of the molecule is CCc1c(C#N)c(SC(C(N)=O)c2ccccc2)nc(N2CCC(O)CC2)c1C#N. The average Bonchev–Trinajstić information content (AvgIpc) is 2.77. The molecule has 1 aliphatic heterocycles. The summed E-state index contributed by atoms with van der Waals surface area (Å²) in [5.74, 6) is -0.0269. The zero-order valence-corrected chi connectivity index (χ0v) is 17.5. The summed E-state index contributed by atoms with van der Waals surface area (Å²) >= 11 is 1.13. The van der Waals surface area contributed by atoms with E-state index in [-0.39, 0.29) is 6.10 Å². The standard InChI is InChI=1S/C22H23N5O2S/c1-2-16-17(12-23)21(27-10-8-15(28)9-11-27)26-22(18(16)13-24)30-19(20(25)29)14-6-4-3-5-7-14/h3-7,15,19,28H,2,8-11H2,1H3,(H2,25,29). The van der Waals surface area contributed by atoms with Crippen LogP contribution in [-0.4, -0.2) is 35.2 Å². The lowest BCUT2D eigenvalue weighted by Crippen LogP contribution is -2.37. The lowest BCUT2D eigenvalue weighted by Gasteiger charge is -2.32. The van der Waals surface area contributed by atoms with Crippen molar-refractivity contribution in [2.45, 2.75) is 42.6 Å². The van der Waals surface area contributed by atoms with E-state index < -0.39 is 11.2 Å². The van der Waals surface area contributed by atoms with Crippen molar-refractivity contribution in [2.75, 3.05) is 18.0 Å². The Balaban J connectivity index is 2.11. The van der Waals surface area contributed by atoms with Gasteiger partial charge in [-0.25, -0.2) is 4.98 Å². The molecule has 1 atom stereocenters. The first-order valence-electron chi connectivity index (χ1n) is 9.81. The number of carbonyl (C=O) groups excluding carboxylic acids is 1. The van der Waals surface area contributed by atoms with Crippen LogP contribution in [0.2, 0.25) is 0 Å². The molecular formula is C22H23N5O2S. The van der Waals surface area contributed by atoms with E-state index in [1.807, 2.05) is 42.2 Å². The Morgan fingerprint density at radius 3 is 2.43 bits per heavy atom. The molecule has 1 unspecified atom stereocenters. The van der Waals surface area contributed by atoms with Crippen molar-refractivity contribution in [1.29, 1.82) is 10.5 Å². The van der Waals surface area contributed by atoms with Crippen molar-refractivity contribution in [2.24, 2.45) is 5.73 Å². The third-order valence-corrected chi connectivity index (χ3v) is 6.44. The quantitative estimate of drug-likeness (QED) is 0.686. The number of nitrogens with two attached hydrogens (primary N) is 1. The molecule has 2 heterocycles. The summed E-state index contributed by atoms with van der Waals surface area (Å²) < 4.78 is 0. The van der Waals surface area contributed by atoms with Gasteiger partial charge >= 0.3 is 0 Å². The fourth-order valence-electron chi connectivity index (χ4n) is 3.60. The van der Waals surface area contributed by atoms with E-state index in [1.54, 1.807) is 0 Å². The highest BCUT2D eigenvalue weighted by molar-refractivity contribution is 8.00. The molecule has 154 valence electrons. The van der Waals surface area contributed by atoms with Crippen LogP contribution in [0.5, 0.6) is 0 Å². The number of aliphatic hydroxyl groups excluding tert-OH is 1. The number of carbonyl (C=O) groups is 1. The number of piperidine rings is 1. The van der Waals surface area contributed by atoms with Crippen LogP contribution in [0.1, 0.15) is 47.3 Å². The fraction of sp³-hybridized carbons (Fsp3) is 0.364. The second-order valence-electron chi connectivity index (χ2n) is 7.08. The van der Waals surface area contributed by atoms with Crippen molar-refractivity contribution in [1.82, 2.24) is 4.98 Å². The number of rotatable bonds is 6. The number of benzene rings is 1. The molecule has 2 aromatic rings. The number of hydrogen-bond donors (Lipinski definition) is 2. The second-order valence-corrected chi connectivity index (χ2v) is 8.17. The van der Waals surface area contributed by atoms with Crippen LogP contribution in [0, 0.1) is 22.7 Å². The molecule has 1 fully saturated rings. The fourth-order valence-corrected chi connectivity index (χ4v) is 4.66. The molecule has 1 saturated heterocycles. The topological polar surface area (TPSA) is 127 Å². The minimum atomic E-state index is -0.709. The number of pyridine rings is 1. The maximum Gasteiger partial charge on any atom is 0.235 e. The highest BCUT2D eigenvalue weighted by Gasteiger charge is 2.28. The van der Waals surface area contributed by atoms with Gasteiger partial charge in [0.15, 0.2) is 0 Å². The second kappa shape index (κ2) is 9.62. The molecule has 7 nitrogen and oxygen atoms in total. The number of anilines is 1. The molecule has 0 bridgehead atoms. The van der Waals surface area contributed by atoms with Gasteiger partial charge in [0.2, 0.25) is 5.91 Å². The molecule has 30 heavy (non-hydrogen) atoms. The molecule has 0 spiro atoms. The van der Waals surface area contributed by atoms with Crippen molar-refractivity contribution < 1.29 is 9.90 Å². The Bertz CT molecular complexity index is 1000. The molecule has 0 saturated carbocycles. The maximum atomic E-state index is 12.2. The number of nitriles is 2. The molecule has 1 aliphatic rings. The van der Waals surface area contributed by atoms with Gasteiger partial charge in [-0.05, 0) is 30.4 Å². The van der Waals surface area contributed by atoms with Crippen LogP contribution in [0.4, 0.5) is 5.82 Å². The largest absolute Gasteiger partial charge is 0.393 e. The van der Waals surface area contributed by atoms with E-state index >= 15 is 0 Å². The molecule has 1 aromatic carbocycles. The Labute approximate surface area is 180 Å². The van der Waals surface area contributed by atoms with E-state index in [4.69, 9.17) is 5.73 Å². The van der Waals surface area contributed by atoms with Gasteiger partial charge in [0.05, 0.1) is 17.2 Å². The Hall–Kier alpha value is -3.07. The summed E-state index contributed by atoms with van der Waals surface area (Å²) in [4.78, 5) is 18.8. The smallest absolute Gasteiger partial charge is 0.235 e. The van der Waals surface area contributed by atoms with Crippen LogP contribution in [-0.2, 0) is 11.2 Å². The van der Waals surface area contributed by atoms with Gasteiger partial charge in [-0.3, -0.25) is 4.79 Å². The first kappa shape index (κ1) is 21.6. The summed E-state index contributed by atoms with van der Waals surface area (Å²) in [7, 11) is 0. The molecule has 0 radical (unpaired) electrons. The summed E-state index contributed by atoms with van der Waals surface area (Å²) in [5.41, 5.74) is 7.70. The van der Waals surface area contributed by atoms with Gasteiger partial charge in [-0.15, -0.1) is 0 Å². The zero-order valence-electron chi connectivity index (χ0n) is 16.7. The van der Waals surface area contributed by atoms with Crippen LogP contribution in [0.25, 0.3) is 0 Å². The van der Waals surface area contributed by atoms with Crippen LogP contribution >= 0.6 is 11.8 Å². The summed E-state index contributed by atoms with van der Waals surface area (Å²) in [6, 6.07) is 13.5. The number of primary amides is 1. The van der Waals surface area contributed by atoms with Gasteiger partial charge in [-0.1, -0.05) is 49.0 Å². The monoisotopic (exact) mass is 421 g/mol. The van der Waals surface area contributed by atoms with E-state index in [0.29, 0.717) is 59.9 Å². The minimum Gasteiger partial charge on any atom is -0.393 e. The molecule has 1 aromatic heterocycles. The highest BCUT2D eigenvalue weighted by atomic mass is 32.2. The highest BCUT2D eigenvalue weighted by Crippen LogP contribution is 2.39. The maximum absolute atomic E-state index is 12.2. The summed E-state index contributed by atoms with van der Waals surface area (Å²) in [6.45, 7) is 3.03. The number of aromatic nitrogens is 1. The van der Waals surface area contributed by atoms with Crippen molar-refractivity contribution in [3.05, 3.63) is 52.6 Å². The van der Waals surface area contributed by atoms with Gasteiger partial charge in [0.1, 0.15) is 28.2 Å². The Morgan fingerprint density at radius 1 is 1.27 bits per heavy atom. The zero-order chi connectivity index (χ0) is 21.7. The predicted octanol–water partition coefficient (Wildman–Crippen LogP) is 2.67. The molecule has 3 N–H and O–H groups in total. The van der Waals surface area contributed by atoms with Crippen molar-refractivity contribution in [3.63, 3.8) is 0 Å². The van der Waals surface area contributed by atoms with Gasteiger partial charge in [-0.2, -0.15) is 10.5 Å². The molecule has 8 heteroatoms. The molecular weight excluding hydrogens is 398 g/mol. The molecule has 0 aliphatic carbocycles. The first-order valence-corrected chi connectivity index (χ1v) is 10.7. The third-order valence-electron chi connectivity index (χ3n) is 5.18. The average molecular weight is 422 g/mol. The van der Waals surface area contributed by atoms with Gasteiger partial charge in [0, 0.05) is 13.1 Å². The van der Waals surface area contributed by atoms with Gasteiger partial charge in [0.25, 0.3) is 0 Å². The van der Waals surface area contributed by atoms with Crippen molar-refractivity contribution in [3.8, 4) is 12.1 Å². The Kier molecular flexibility index (Phi) is 6.94. The predicted molar refractivity (Wildman–Crippen MR) is 115 cm³/mol. The van der Waals surface area contributed by atoms with Crippen LogP contribution < -0.4 is 10.6 Å². The number of amides is 1. The molecule has 3 rings (SSSR count). The summed E-state index contributed by atoms with van der Waals surface area (Å²) in [6.07, 6.45) is 1.30. The Morgan fingerprint density at radius 2 is 1.90 bits per heavy atom. The van der Waals surface area contributed by atoms with Crippen molar-refractivity contribution >= 4 is 23.5 Å². The van der Waals surface area contributed by atoms with Crippen LogP contribution in [0.15, 0.2) is 35.4 Å². The summed E-state index contributed by atoms with van der Waals surface area (Å²) in [5, 5.41) is 29.2. The number of hydrogen-bond acceptors (Lipinski definition) is 7. The lowest BCUT2D eigenvalue weighted by atomic mass is 10.0. The van der Waals surface area contributed by atoms with E-state index in [1.165, 1.54) is 0 Å². The molecule has 1 amide bonds. The number of aliphatic hydroxyl groups is 1. The minimum absolute atomic E-state index is 0.307.